The van der Waals surface area contributed by atoms with Crippen molar-refractivity contribution >= 4 is 23.8 Å². The van der Waals surface area contributed by atoms with Crippen LogP contribution >= 0.6 is 0 Å². The molecule has 3 heterocycles. The number of ether oxygens (including phenoxy) is 4. The third kappa shape index (κ3) is 4.97. The van der Waals surface area contributed by atoms with Crippen LogP contribution in [0.25, 0.3) is 0 Å². The van der Waals surface area contributed by atoms with E-state index >= 15 is 0 Å². The lowest BCUT2D eigenvalue weighted by Crippen LogP contribution is -2.57. The summed E-state index contributed by atoms with van der Waals surface area (Å²) in [6.07, 6.45) is 3.41. The minimum atomic E-state index is -1.17. The number of esters is 1. The highest BCUT2D eigenvalue weighted by Gasteiger charge is 2.43. The molecule has 1 aromatic heterocycles. The number of anilines is 1. The van der Waals surface area contributed by atoms with Crippen LogP contribution in [0.1, 0.15) is 18.5 Å². The van der Waals surface area contributed by atoms with E-state index in [1.807, 2.05) is 4.90 Å². The molecule has 0 radical (unpaired) electrons. The van der Waals surface area contributed by atoms with Crippen molar-refractivity contribution in [1.29, 1.82) is 0 Å². The number of nitrogens with one attached hydrogen (secondary N) is 1. The number of amides is 1. The first-order chi connectivity index (χ1) is 17.5. The summed E-state index contributed by atoms with van der Waals surface area (Å²) in [6.45, 7) is 4.30. The van der Waals surface area contributed by atoms with Gasteiger partial charge in [0.1, 0.15) is 6.04 Å². The van der Waals surface area contributed by atoms with Gasteiger partial charge in [-0.1, -0.05) is 0 Å². The Morgan fingerprint density at radius 1 is 1.00 bits per heavy atom. The second-order valence-corrected chi connectivity index (χ2v) is 8.10. The topological polar surface area (TPSA) is 128 Å². The van der Waals surface area contributed by atoms with Gasteiger partial charge in [-0.05, 0) is 30.7 Å². The second kappa shape index (κ2) is 11.1. The summed E-state index contributed by atoms with van der Waals surface area (Å²) in [5.41, 5.74) is 0.561. The quantitative estimate of drug-likeness (QED) is 0.437. The zero-order valence-electron chi connectivity index (χ0n) is 20.8. The highest BCUT2D eigenvalue weighted by Crippen LogP contribution is 2.42. The number of benzene rings is 1. The molecule has 1 fully saturated rings. The van der Waals surface area contributed by atoms with E-state index in [0.29, 0.717) is 60.9 Å². The van der Waals surface area contributed by atoms with Gasteiger partial charge in [0.15, 0.2) is 17.4 Å². The highest BCUT2D eigenvalue weighted by molar-refractivity contribution is 6.08. The Bertz CT molecular complexity index is 1090. The van der Waals surface area contributed by atoms with E-state index in [4.69, 9.17) is 23.9 Å². The van der Waals surface area contributed by atoms with Gasteiger partial charge >= 0.3 is 5.97 Å². The Kier molecular flexibility index (Phi) is 7.71. The third-order valence-corrected chi connectivity index (χ3v) is 6.08. The van der Waals surface area contributed by atoms with Gasteiger partial charge in [-0.2, -0.15) is 0 Å². The maximum atomic E-state index is 13.2. The minimum absolute atomic E-state index is 0.144. The lowest BCUT2D eigenvalue weighted by Gasteiger charge is -2.38. The fourth-order valence-corrected chi connectivity index (χ4v) is 4.31. The van der Waals surface area contributed by atoms with Gasteiger partial charge in [0.2, 0.25) is 23.6 Å². The first kappa shape index (κ1) is 25.0. The molecular weight excluding hydrogens is 468 g/mol. The molecule has 2 aliphatic rings. The van der Waals surface area contributed by atoms with Crippen molar-refractivity contribution in [1.82, 2.24) is 20.2 Å². The van der Waals surface area contributed by atoms with Crippen molar-refractivity contribution in [2.45, 2.75) is 13.0 Å². The summed E-state index contributed by atoms with van der Waals surface area (Å²) in [6, 6.07) is 4.32. The van der Waals surface area contributed by atoms with Crippen LogP contribution in [0.2, 0.25) is 0 Å². The number of carbonyl (C=O) groups excluding carboxylic acids is 2. The van der Waals surface area contributed by atoms with Gasteiger partial charge in [0.05, 0.1) is 27.9 Å². The Labute approximate surface area is 209 Å². The van der Waals surface area contributed by atoms with Crippen LogP contribution in [0.3, 0.4) is 0 Å². The molecule has 2 atom stereocenters. The highest BCUT2D eigenvalue weighted by atomic mass is 16.5. The molecule has 1 aromatic carbocycles. The molecule has 0 spiro atoms. The lowest BCUT2D eigenvalue weighted by molar-refractivity contribution is -0.153. The Balaban J connectivity index is 1.67. The third-order valence-electron chi connectivity index (χ3n) is 6.08. The summed E-state index contributed by atoms with van der Waals surface area (Å²) >= 11 is 0. The fourth-order valence-electron chi connectivity index (χ4n) is 4.31. The second-order valence-electron chi connectivity index (χ2n) is 8.10. The van der Waals surface area contributed by atoms with Crippen molar-refractivity contribution in [2.24, 2.45) is 10.9 Å². The average molecular weight is 499 g/mol. The van der Waals surface area contributed by atoms with Gasteiger partial charge in [0, 0.05) is 38.6 Å². The number of hydrogen-bond donors (Lipinski definition) is 1. The summed E-state index contributed by atoms with van der Waals surface area (Å²) in [7, 11) is 4.51. The predicted molar refractivity (Wildman–Crippen MR) is 130 cm³/mol. The maximum Gasteiger partial charge on any atom is 0.321 e. The molecule has 12 heteroatoms. The van der Waals surface area contributed by atoms with Crippen LogP contribution in [0.5, 0.6) is 17.2 Å². The van der Waals surface area contributed by atoms with Crippen LogP contribution < -0.4 is 24.4 Å². The van der Waals surface area contributed by atoms with E-state index in [0.717, 1.165) is 0 Å². The van der Waals surface area contributed by atoms with Crippen molar-refractivity contribution < 1.29 is 28.5 Å². The zero-order chi connectivity index (χ0) is 25.7. The first-order valence-corrected chi connectivity index (χ1v) is 11.6. The fraction of sp³-hybridized carbons (Fsp3) is 0.458. The first-order valence-electron chi connectivity index (χ1n) is 11.6. The van der Waals surface area contributed by atoms with Crippen LogP contribution in [-0.2, 0) is 14.3 Å². The molecule has 0 bridgehead atoms. The molecule has 192 valence electrons. The smallest absolute Gasteiger partial charge is 0.321 e. The van der Waals surface area contributed by atoms with E-state index in [9.17, 15) is 9.59 Å². The summed E-state index contributed by atoms with van der Waals surface area (Å²) in [5, 5.41) is 2.81. The zero-order valence-corrected chi connectivity index (χ0v) is 20.8. The molecule has 1 N–H and O–H groups in total. The Morgan fingerprint density at radius 3 is 2.17 bits per heavy atom. The van der Waals surface area contributed by atoms with Crippen LogP contribution in [-0.4, -0.2) is 86.8 Å². The van der Waals surface area contributed by atoms with Crippen molar-refractivity contribution in [3.8, 4) is 17.2 Å². The normalized spacial score (nSPS) is 19.8. The molecule has 1 amide bonds. The van der Waals surface area contributed by atoms with E-state index in [1.54, 1.807) is 37.5 Å². The molecule has 2 aliphatic heterocycles. The summed E-state index contributed by atoms with van der Waals surface area (Å²) in [5.74, 6) is -0.0519. The van der Waals surface area contributed by atoms with E-state index in [1.165, 1.54) is 21.3 Å². The van der Waals surface area contributed by atoms with Gasteiger partial charge in [-0.15, -0.1) is 0 Å². The van der Waals surface area contributed by atoms with E-state index in [2.05, 4.69) is 20.2 Å². The van der Waals surface area contributed by atoms with Gasteiger partial charge in [-0.25, -0.2) is 15.0 Å². The maximum absolute atomic E-state index is 13.2. The number of methoxy groups -OCH3 is 3. The molecule has 36 heavy (non-hydrogen) atoms. The van der Waals surface area contributed by atoms with Gasteiger partial charge < -0.3 is 28.7 Å². The molecule has 1 saturated heterocycles. The SMILES string of the molecule is CCOC(=O)C1C(=O)NC(N2CCN(c3ncccn3)CC2)=NC1c1cc(OC)c(OC)c(OC)c1. The number of aromatic nitrogens is 2. The van der Waals surface area contributed by atoms with Crippen molar-refractivity contribution in [2.75, 3.05) is 59.0 Å². The van der Waals surface area contributed by atoms with Crippen molar-refractivity contribution in [3.05, 3.63) is 36.2 Å². The molecular formula is C24H30N6O6. The predicted octanol–water partition coefficient (Wildman–Crippen LogP) is 1.03. The minimum Gasteiger partial charge on any atom is -0.493 e. The monoisotopic (exact) mass is 498 g/mol. The number of hydrogen-bond acceptors (Lipinski definition) is 11. The summed E-state index contributed by atoms with van der Waals surface area (Å²) in [4.78, 5) is 43.5. The number of aliphatic imine (C=N–C) groups is 1. The molecule has 0 aliphatic carbocycles. The number of nitrogens with zero attached hydrogens (tertiary/aromatic N) is 5. The molecule has 4 rings (SSSR count). The summed E-state index contributed by atoms with van der Waals surface area (Å²) < 4.78 is 21.6. The molecule has 2 aromatic rings. The van der Waals surface area contributed by atoms with Crippen molar-refractivity contribution in [3.63, 3.8) is 0 Å². The van der Waals surface area contributed by atoms with Crippen LogP contribution in [0.4, 0.5) is 5.95 Å². The number of piperazine rings is 1. The number of rotatable bonds is 7. The Morgan fingerprint density at radius 2 is 1.61 bits per heavy atom. The Hall–Kier alpha value is -4.09. The van der Waals surface area contributed by atoms with Gasteiger partial charge in [-0.3, -0.25) is 14.9 Å². The van der Waals surface area contributed by atoms with Gasteiger partial charge in [0.25, 0.3) is 0 Å². The lowest BCUT2D eigenvalue weighted by atomic mass is 9.90. The van der Waals surface area contributed by atoms with E-state index < -0.39 is 23.8 Å². The molecule has 0 saturated carbocycles. The van der Waals surface area contributed by atoms with Crippen LogP contribution in [0.15, 0.2) is 35.6 Å². The van der Waals surface area contributed by atoms with E-state index in [-0.39, 0.29) is 6.61 Å². The molecule has 12 nitrogen and oxygen atoms in total. The number of carbonyl (C=O) groups is 2. The molecule has 2 unspecified atom stereocenters. The number of guanidine groups is 1. The average Bonchev–Trinajstić information content (AvgIpc) is 2.92. The van der Waals surface area contributed by atoms with Crippen LogP contribution in [0, 0.1) is 5.92 Å². The standard InChI is InChI=1S/C24H30N6O6/c1-5-36-22(32)18-19(15-13-16(33-2)20(35-4)17(14-15)34-3)27-24(28-21(18)31)30-11-9-29(10-12-30)23-25-7-6-8-26-23/h6-8,13-14,18-19H,5,9-12H2,1-4H3,(H,27,28,31). The largest absolute Gasteiger partial charge is 0.493 e.